The summed E-state index contributed by atoms with van der Waals surface area (Å²) in [7, 11) is 0. The molecule has 0 amide bonds. The van der Waals surface area contributed by atoms with E-state index in [1.165, 1.54) is 18.6 Å². The number of carboxylic acids is 1. The van der Waals surface area contributed by atoms with Crippen LogP contribution >= 0.6 is 11.3 Å². The molecule has 1 aliphatic rings. The molecule has 3 heterocycles. The fourth-order valence-corrected chi connectivity index (χ4v) is 3.69. The fourth-order valence-electron chi connectivity index (χ4n) is 2.97. The number of piperidine rings is 1. The summed E-state index contributed by atoms with van der Waals surface area (Å²) in [6.07, 6.45) is 3.33. The molecule has 2 aromatic heterocycles. The zero-order chi connectivity index (χ0) is 17.4. The van der Waals surface area contributed by atoms with Crippen molar-refractivity contribution >= 4 is 33.6 Å². The van der Waals surface area contributed by atoms with Gasteiger partial charge in [0.05, 0.1) is 0 Å². The van der Waals surface area contributed by atoms with Crippen LogP contribution in [0.1, 0.15) is 29.1 Å². The van der Waals surface area contributed by atoms with Crippen LogP contribution < -0.4 is 4.90 Å². The van der Waals surface area contributed by atoms with Crippen LogP contribution in [-0.4, -0.2) is 39.1 Å². The van der Waals surface area contributed by atoms with Crippen molar-refractivity contribution in [2.75, 3.05) is 18.0 Å². The van der Waals surface area contributed by atoms with Crippen molar-refractivity contribution < 1.29 is 14.3 Å². The molecular weight excluding hydrogens is 343 g/mol. The molecule has 1 aliphatic heterocycles. The highest BCUT2D eigenvalue weighted by Crippen LogP contribution is 2.33. The molecule has 1 aromatic carbocycles. The van der Waals surface area contributed by atoms with Gasteiger partial charge in [0.2, 0.25) is 5.01 Å². The van der Waals surface area contributed by atoms with Gasteiger partial charge in [-0.15, -0.1) is 0 Å². The molecule has 25 heavy (non-hydrogen) atoms. The standard InChI is InChI=1S/C17H15FN4O2S/c18-11-6-4-10(5-7-11)12-14(22-8-2-1-3-9-22)21-15-13(19-12)20-16(25-15)17(23)24/h4-7H,1-3,8-9H2,(H,23,24). The first-order valence-corrected chi connectivity index (χ1v) is 8.86. The van der Waals surface area contributed by atoms with E-state index in [4.69, 9.17) is 5.11 Å². The molecule has 128 valence electrons. The number of halogens is 1. The third-order valence-corrected chi connectivity index (χ3v) is 5.11. The molecule has 4 rings (SSSR count). The second-order valence-electron chi connectivity index (χ2n) is 5.90. The Morgan fingerprint density at radius 1 is 1.08 bits per heavy atom. The maximum atomic E-state index is 13.3. The van der Waals surface area contributed by atoms with Gasteiger partial charge in [-0.1, -0.05) is 11.3 Å². The van der Waals surface area contributed by atoms with Gasteiger partial charge < -0.3 is 10.0 Å². The van der Waals surface area contributed by atoms with Crippen molar-refractivity contribution in [1.82, 2.24) is 15.0 Å². The SMILES string of the molecule is O=C(O)c1nc2nc(-c3ccc(F)cc3)c(N3CCCCC3)nc2s1. The highest BCUT2D eigenvalue weighted by molar-refractivity contribution is 7.19. The highest BCUT2D eigenvalue weighted by Gasteiger charge is 2.22. The van der Waals surface area contributed by atoms with Gasteiger partial charge in [-0.25, -0.2) is 24.1 Å². The molecule has 8 heteroatoms. The zero-order valence-electron chi connectivity index (χ0n) is 13.3. The first-order chi connectivity index (χ1) is 12.1. The zero-order valence-corrected chi connectivity index (χ0v) is 14.1. The van der Waals surface area contributed by atoms with Crippen molar-refractivity contribution in [2.45, 2.75) is 19.3 Å². The van der Waals surface area contributed by atoms with Gasteiger partial charge in [-0.2, -0.15) is 0 Å². The van der Waals surface area contributed by atoms with Crippen LogP contribution in [0, 0.1) is 5.82 Å². The molecule has 1 fully saturated rings. The molecule has 3 aromatic rings. The second-order valence-corrected chi connectivity index (χ2v) is 6.88. The van der Waals surface area contributed by atoms with Gasteiger partial charge in [0, 0.05) is 18.7 Å². The molecule has 0 saturated carbocycles. The minimum absolute atomic E-state index is 0.0316. The van der Waals surface area contributed by atoms with Gasteiger partial charge in [-0.3, -0.25) is 0 Å². The minimum Gasteiger partial charge on any atom is -0.476 e. The van der Waals surface area contributed by atoms with Crippen LogP contribution in [0.5, 0.6) is 0 Å². The van der Waals surface area contributed by atoms with E-state index in [2.05, 4.69) is 19.9 Å². The quantitative estimate of drug-likeness (QED) is 0.771. The number of carboxylic acid groups (broad SMARTS) is 1. The number of rotatable bonds is 3. The Morgan fingerprint density at radius 2 is 1.80 bits per heavy atom. The molecule has 1 saturated heterocycles. The Hall–Kier alpha value is -2.61. The molecular formula is C17H15FN4O2S. The average Bonchev–Trinajstić information content (AvgIpc) is 3.05. The molecule has 0 bridgehead atoms. The Bertz CT molecular complexity index is 936. The number of hydrogen-bond donors (Lipinski definition) is 1. The van der Waals surface area contributed by atoms with Gasteiger partial charge in [0.15, 0.2) is 16.3 Å². The van der Waals surface area contributed by atoms with E-state index in [1.807, 2.05) is 0 Å². The predicted octanol–water partition coefficient (Wildman–Crippen LogP) is 3.58. The molecule has 1 N–H and O–H groups in total. The largest absolute Gasteiger partial charge is 0.476 e. The lowest BCUT2D eigenvalue weighted by molar-refractivity contribution is 0.0696. The summed E-state index contributed by atoms with van der Waals surface area (Å²) in [6.45, 7) is 1.75. The second kappa shape index (κ2) is 6.36. The van der Waals surface area contributed by atoms with E-state index in [-0.39, 0.29) is 10.8 Å². The number of carbonyl (C=O) groups is 1. The normalized spacial score (nSPS) is 14.8. The van der Waals surface area contributed by atoms with Crippen LogP contribution in [0.4, 0.5) is 10.2 Å². The summed E-state index contributed by atoms with van der Waals surface area (Å²) in [5, 5.41) is 9.13. The topological polar surface area (TPSA) is 79.2 Å². The van der Waals surface area contributed by atoms with Crippen molar-refractivity contribution in [3.63, 3.8) is 0 Å². The number of anilines is 1. The van der Waals surface area contributed by atoms with Crippen LogP contribution in [0.25, 0.3) is 21.7 Å². The Balaban J connectivity index is 1.89. The van der Waals surface area contributed by atoms with E-state index in [1.54, 1.807) is 12.1 Å². The van der Waals surface area contributed by atoms with E-state index in [0.29, 0.717) is 22.0 Å². The summed E-state index contributed by atoms with van der Waals surface area (Å²) >= 11 is 1.02. The minimum atomic E-state index is -1.09. The number of benzene rings is 1. The van der Waals surface area contributed by atoms with Crippen molar-refractivity contribution in [3.8, 4) is 11.3 Å². The van der Waals surface area contributed by atoms with Crippen LogP contribution in [0.15, 0.2) is 24.3 Å². The summed E-state index contributed by atoms with van der Waals surface area (Å²) < 4.78 is 13.3. The Kier molecular flexibility index (Phi) is 4.04. The lowest BCUT2D eigenvalue weighted by Gasteiger charge is -2.29. The summed E-state index contributed by atoms with van der Waals surface area (Å²) in [5.74, 6) is -0.703. The van der Waals surface area contributed by atoms with Crippen LogP contribution in [0.2, 0.25) is 0 Å². The maximum absolute atomic E-state index is 13.3. The van der Waals surface area contributed by atoms with E-state index < -0.39 is 5.97 Å². The van der Waals surface area contributed by atoms with Crippen LogP contribution in [-0.2, 0) is 0 Å². The van der Waals surface area contributed by atoms with Crippen molar-refractivity contribution in [3.05, 3.63) is 35.1 Å². The van der Waals surface area contributed by atoms with E-state index in [9.17, 15) is 9.18 Å². The van der Waals surface area contributed by atoms with E-state index in [0.717, 1.165) is 42.8 Å². The molecule has 0 atom stereocenters. The third kappa shape index (κ3) is 3.05. The number of nitrogens with zero attached hydrogens (tertiary/aromatic N) is 4. The first-order valence-electron chi connectivity index (χ1n) is 8.04. The number of aromatic nitrogens is 3. The van der Waals surface area contributed by atoms with E-state index >= 15 is 0 Å². The number of aromatic carboxylic acids is 1. The Morgan fingerprint density at radius 3 is 2.48 bits per heavy atom. The van der Waals surface area contributed by atoms with Crippen LogP contribution in [0.3, 0.4) is 0 Å². The van der Waals surface area contributed by atoms with Crippen molar-refractivity contribution in [1.29, 1.82) is 0 Å². The lowest BCUT2D eigenvalue weighted by Crippen LogP contribution is -2.30. The van der Waals surface area contributed by atoms with Gasteiger partial charge >= 0.3 is 5.97 Å². The summed E-state index contributed by atoms with van der Waals surface area (Å²) in [6, 6.07) is 6.07. The molecule has 0 spiro atoms. The molecule has 0 unspecified atom stereocenters. The molecule has 6 nitrogen and oxygen atoms in total. The summed E-state index contributed by atoms with van der Waals surface area (Å²) in [4.78, 5) is 27.1. The van der Waals surface area contributed by atoms with Gasteiger partial charge in [-0.05, 0) is 43.5 Å². The number of hydrogen-bond acceptors (Lipinski definition) is 6. The maximum Gasteiger partial charge on any atom is 0.365 e. The van der Waals surface area contributed by atoms with Gasteiger partial charge in [0.1, 0.15) is 11.5 Å². The average molecular weight is 358 g/mol. The van der Waals surface area contributed by atoms with Crippen molar-refractivity contribution in [2.24, 2.45) is 0 Å². The smallest absolute Gasteiger partial charge is 0.365 e. The monoisotopic (exact) mass is 358 g/mol. The first kappa shape index (κ1) is 15.9. The Labute approximate surface area is 147 Å². The molecule has 0 radical (unpaired) electrons. The number of thiazole rings is 1. The predicted molar refractivity (Wildman–Crippen MR) is 93.6 cm³/mol. The fraction of sp³-hybridized carbons (Fsp3) is 0.294. The number of fused-ring (bicyclic) bond motifs is 1. The molecule has 0 aliphatic carbocycles. The van der Waals surface area contributed by atoms with Gasteiger partial charge in [0.25, 0.3) is 0 Å². The lowest BCUT2D eigenvalue weighted by atomic mass is 10.1. The third-order valence-electron chi connectivity index (χ3n) is 4.19. The summed E-state index contributed by atoms with van der Waals surface area (Å²) in [5.41, 5.74) is 1.65. The highest BCUT2D eigenvalue weighted by atomic mass is 32.1.